The molecule has 1 aliphatic carbocycles. The van der Waals surface area contributed by atoms with Crippen LogP contribution in [0.15, 0.2) is 28.8 Å². The lowest BCUT2D eigenvalue weighted by Gasteiger charge is -2.25. The molecule has 7 heteroatoms. The lowest BCUT2D eigenvalue weighted by Crippen LogP contribution is -2.31. The molecule has 1 fully saturated rings. The van der Waals surface area contributed by atoms with E-state index >= 15 is 0 Å². The summed E-state index contributed by atoms with van der Waals surface area (Å²) in [5.41, 5.74) is 6.69. The van der Waals surface area contributed by atoms with Crippen LogP contribution in [0, 0.1) is 10.1 Å². The van der Waals surface area contributed by atoms with E-state index in [1.165, 1.54) is 12.1 Å². The fourth-order valence-electron chi connectivity index (χ4n) is 2.73. The van der Waals surface area contributed by atoms with Crippen molar-refractivity contribution in [3.63, 3.8) is 0 Å². The van der Waals surface area contributed by atoms with E-state index in [1.807, 2.05) is 0 Å². The molecule has 0 bridgehead atoms. The second kappa shape index (κ2) is 5.61. The van der Waals surface area contributed by atoms with Gasteiger partial charge < -0.3 is 10.3 Å². The van der Waals surface area contributed by atoms with Crippen molar-refractivity contribution in [1.82, 2.24) is 10.1 Å². The summed E-state index contributed by atoms with van der Waals surface area (Å²) in [5, 5.41) is 14.7. The number of nitro benzene ring substituents is 1. The van der Waals surface area contributed by atoms with Crippen LogP contribution < -0.4 is 5.73 Å². The van der Waals surface area contributed by atoms with Crippen molar-refractivity contribution in [1.29, 1.82) is 0 Å². The molecule has 0 amide bonds. The number of rotatable bonds is 3. The Balaban J connectivity index is 1.87. The fraction of sp³-hybridized carbons (Fsp3) is 0.429. The first-order chi connectivity index (χ1) is 10.1. The monoisotopic (exact) mass is 288 g/mol. The molecule has 1 heterocycles. The van der Waals surface area contributed by atoms with Crippen LogP contribution in [-0.4, -0.2) is 21.1 Å². The number of hydrogen-bond acceptors (Lipinski definition) is 6. The zero-order valence-corrected chi connectivity index (χ0v) is 11.4. The molecule has 2 atom stereocenters. The topological polar surface area (TPSA) is 108 Å². The van der Waals surface area contributed by atoms with Gasteiger partial charge >= 0.3 is 0 Å². The summed E-state index contributed by atoms with van der Waals surface area (Å²) >= 11 is 0. The maximum Gasteiger partial charge on any atom is 0.270 e. The maximum atomic E-state index is 10.8. The van der Waals surface area contributed by atoms with Gasteiger partial charge in [0.05, 0.1) is 10.8 Å². The summed E-state index contributed by atoms with van der Waals surface area (Å²) < 4.78 is 5.32. The van der Waals surface area contributed by atoms with Crippen molar-refractivity contribution in [2.45, 2.75) is 37.6 Å². The van der Waals surface area contributed by atoms with Gasteiger partial charge in [-0.2, -0.15) is 4.98 Å². The number of aromatic nitrogens is 2. The quantitative estimate of drug-likeness (QED) is 0.687. The predicted molar refractivity (Wildman–Crippen MR) is 75.6 cm³/mol. The van der Waals surface area contributed by atoms with Crippen molar-refractivity contribution >= 4 is 5.69 Å². The summed E-state index contributed by atoms with van der Waals surface area (Å²) in [6.45, 7) is 0. The summed E-state index contributed by atoms with van der Waals surface area (Å²) in [5.74, 6) is 0.980. The second-order valence-electron chi connectivity index (χ2n) is 5.32. The third kappa shape index (κ3) is 2.78. The highest BCUT2D eigenvalue weighted by Crippen LogP contribution is 2.32. The van der Waals surface area contributed by atoms with Gasteiger partial charge in [0.2, 0.25) is 11.7 Å². The number of benzene rings is 1. The predicted octanol–water partition coefficient (Wildman–Crippen LogP) is 2.63. The van der Waals surface area contributed by atoms with Gasteiger partial charge in [-0.05, 0) is 12.8 Å². The van der Waals surface area contributed by atoms with Crippen molar-refractivity contribution in [3.8, 4) is 11.4 Å². The first-order valence-corrected chi connectivity index (χ1v) is 6.99. The Morgan fingerprint density at radius 3 is 2.90 bits per heavy atom. The molecule has 110 valence electrons. The van der Waals surface area contributed by atoms with Crippen LogP contribution in [0.3, 0.4) is 0 Å². The number of nitro groups is 1. The largest absolute Gasteiger partial charge is 0.339 e. The van der Waals surface area contributed by atoms with Gasteiger partial charge in [0, 0.05) is 23.7 Å². The van der Waals surface area contributed by atoms with E-state index < -0.39 is 4.92 Å². The molecule has 21 heavy (non-hydrogen) atoms. The smallest absolute Gasteiger partial charge is 0.270 e. The van der Waals surface area contributed by atoms with Gasteiger partial charge in [-0.25, -0.2) is 0 Å². The highest BCUT2D eigenvalue weighted by atomic mass is 16.6. The molecule has 1 aromatic carbocycles. The van der Waals surface area contributed by atoms with Crippen molar-refractivity contribution in [2.75, 3.05) is 0 Å². The third-order valence-electron chi connectivity index (χ3n) is 3.89. The molecule has 2 aromatic rings. The molecule has 0 aliphatic heterocycles. The van der Waals surface area contributed by atoms with E-state index in [9.17, 15) is 10.1 Å². The molecular weight excluding hydrogens is 272 g/mol. The Morgan fingerprint density at radius 2 is 2.14 bits per heavy atom. The van der Waals surface area contributed by atoms with E-state index in [0.29, 0.717) is 17.3 Å². The first kappa shape index (κ1) is 13.7. The number of nitrogens with zero attached hydrogens (tertiary/aromatic N) is 3. The molecule has 2 N–H and O–H groups in total. The van der Waals surface area contributed by atoms with Gasteiger partial charge in [-0.1, -0.05) is 30.1 Å². The summed E-state index contributed by atoms with van der Waals surface area (Å²) in [4.78, 5) is 14.7. The number of nitrogens with two attached hydrogens (primary N) is 1. The standard InChI is InChI=1S/C14H16N4O3/c15-12-7-2-1-6-11(12)14-16-13(17-21-14)9-4-3-5-10(8-9)18(19)20/h3-5,8,11-12H,1-2,6-7,15H2. The van der Waals surface area contributed by atoms with Crippen LogP contribution in [0.1, 0.15) is 37.5 Å². The van der Waals surface area contributed by atoms with Gasteiger partial charge in [0.1, 0.15) is 0 Å². The molecule has 1 saturated carbocycles. The fourth-order valence-corrected chi connectivity index (χ4v) is 2.73. The van der Waals surface area contributed by atoms with Gasteiger partial charge in [-0.3, -0.25) is 10.1 Å². The molecular formula is C14H16N4O3. The lowest BCUT2D eigenvalue weighted by atomic mass is 9.85. The van der Waals surface area contributed by atoms with E-state index in [2.05, 4.69) is 10.1 Å². The number of hydrogen-bond donors (Lipinski definition) is 1. The first-order valence-electron chi connectivity index (χ1n) is 6.99. The Labute approximate surface area is 121 Å². The van der Waals surface area contributed by atoms with Crippen LogP contribution in [-0.2, 0) is 0 Å². The molecule has 1 aromatic heterocycles. The van der Waals surface area contributed by atoms with E-state index in [4.69, 9.17) is 10.3 Å². The summed E-state index contributed by atoms with van der Waals surface area (Å²) in [7, 11) is 0. The Morgan fingerprint density at radius 1 is 1.33 bits per heavy atom. The van der Waals surface area contributed by atoms with Gasteiger partial charge in [0.25, 0.3) is 5.69 Å². The molecule has 2 unspecified atom stereocenters. The van der Waals surface area contributed by atoms with Crippen LogP contribution in [0.5, 0.6) is 0 Å². The van der Waals surface area contributed by atoms with E-state index in [-0.39, 0.29) is 17.6 Å². The van der Waals surface area contributed by atoms with Crippen LogP contribution in [0.4, 0.5) is 5.69 Å². The average Bonchev–Trinajstić information content (AvgIpc) is 2.97. The zero-order valence-electron chi connectivity index (χ0n) is 11.4. The SMILES string of the molecule is NC1CCCCC1c1nc(-c2cccc([N+](=O)[O-])c2)no1. The lowest BCUT2D eigenvalue weighted by molar-refractivity contribution is -0.384. The minimum absolute atomic E-state index is 0.00761. The van der Waals surface area contributed by atoms with Crippen LogP contribution in [0.2, 0.25) is 0 Å². The molecule has 0 saturated heterocycles. The van der Waals surface area contributed by atoms with Crippen molar-refractivity contribution in [2.24, 2.45) is 5.73 Å². The highest BCUT2D eigenvalue weighted by molar-refractivity contribution is 5.58. The van der Waals surface area contributed by atoms with Gasteiger partial charge in [-0.15, -0.1) is 0 Å². The van der Waals surface area contributed by atoms with E-state index in [1.54, 1.807) is 12.1 Å². The van der Waals surface area contributed by atoms with Crippen molar-refractivity contribution in [3.05, 3.63) is 40.3 Å². The molecule has 0 radical (unpaired) electrons. The molecule has 7 nitrogen and oxygen atoms in total. The molecule has 0 spiro atoms. The normalized spacial score (nSPS) is 22.1. The Bertz CT molecular complexity index is 655. The molecule has 1 aliphatic rings. The minimum atomic E-state index is -0.443. The average molecular weight is 288 g/mol. The number of non-ortho nitro benzene ring substituents is 1. The summed E-state index contributed by atoms with van der Waals surface area (Å²) in [6.07, 6.45) is 4.13. The highest BCUT2D eigenvalue weighted by Gasteiger charge is 2.28. The van der Waals surface area contributed by atoms with E-state index in [0.717, 1.165) is 25.7 Å². The minimum Gasteiger partial charge on any atom is -0.339 e. The second-order valence-corrected chi connectivity index (χ2v) is 5.32. The maximum absolute atomic E-state index is 10.8. The summed E-state index contributed by atoms with van der Waals surface area (Å²) in [6, 6.07) is 6.24. The molecule has 3 rings (SSSR count). The van der Waals surface area contributed by atoms with Gasteiger partial charge in [0.15, 0.2) is 0 Å². The Hall–Kier alpha value is -2.28. The van der Waals surface area contributed by atoms with Crippen LogP contribution >= 0.6 is 0 Å². The van der Waals surface area contributed by atoms with Crippen LogP contribution in [0.25, 0.3) is 11.4 Å². The Kier molecular flexibility index (Phi) is 3.66. The zero-order chi connectivity index (χ0) is 14.8. The third-order valence-corrected chi connectivity index (χ3v) is 3.89. The van der Waals surface area contributed by atoms with Crippen molar-refractivity contribution < 1.29 is 9.45 Å².